The van der Waals surface area contributed by atoms with Crippen molar-refractivity contribution in [2.24, 2.45) is 0 Å². The Morgan fingerprint density at radius 1 is 1.21 bits per heavy atom. The lowest BCUT2D eigenvalue weighted by atomic mass is 10.1. The molecule has 2 rings (SSSR count). The number of nitrogens with one attached hydrogen (secondary N) is 1. The van der Waals surface area contributed by atoms with Crippen molar-refractivity contribution in [2.45, 2.75) is 6.54 Å². The Bertz CT molecular complexity index is 430. The van der Waals surface area contributed by atoms with Gasteiger partial charge in [0.05, 0.1) is 11.6 Å². The first-order chi connectivity index (χ1) is 9.29. The number of nitrogens with zero attached hydrogens (tertiary/aromatic N) is 3. The minimum Gasteiger partial charge on any atom is -0.311 e. The van der Waals surface area contributed by atoms with E-state index >= 15 is 0 Å². The molecule has 1 aromatic carbocycles. The van der Waals surface area contributed by atoms with Crippen molar-refractivity contribution in [3.05, 3.63) is 35.4 Å². The highest BCUT2D eigenvalue weighted by atomic mass is 15.2. The Hall–Kier alpha value is -1.41. The largest absolute Gasteiger partial charge is 0.311 e. The summed E-state index contributed by atoms with van der Waals surface area (Å²) in [5.41, 5.74) is 1.86. The maximum absolute atomic E-state index is 9.01. The van der Waals surface area contributed by atoms with Gasteiger partial charge in [0.2, 0.25) is 0 Å². The first-order valence-electron chi connectivity index (χ1n) is 6.89. The lowest BCUT2D eigenvalue weighted by Crippen LogP contribution is -2.46. The molecule has 1 aromatic rings. The Kier molecular flexibility index (Phi) is 5.34. The van der Waals surface area contributed by atoms with Crippen LogP contribution < -0.4 is 5.32 Å². The van der Waals surface area contributed by atoms with Crippen LogP contribution in [0.3, 0.4) is 0 Å². The third-order valence-electron chi connectivity index (χ3n) is 3.65. The molecular formula is C15H22N4. The van der Waals surface area contributed by atoms with Gasteiger partial charge in [-0.25, -0.2) is 0 Å². The summed E-state index contributed by atoms with van der Waals surface area (Å²) in [5, 5.41) is 12.4. The summed E-state index contributed by atoms with van der Waals surface area (Å²) in [6.45, 7) is 7.48. The summed E-state index contributed by atoms with van der Waals surface area (Å²) in [6, 6.07) is 10.0. The molecule has 19 heavy (non-hydrogen) atoms. The summed E-state index contributed by atoms with van der Waals surface area (Å²) >= 11 is 0. The predicted octanol–water partition coefficient (Wildman–Crippen LogP) is 0.895. The highest BCUT2D eigenvalue weighted by Gasteiger charge is 2.12. The SMILES string of the molecule is CN1CCN(CCNCc2ccccc2C#N)CC1. The smallest absolute Gasteiger partial charge is 0.0995 e. The molecule has 0 aromatic heterocycles. The van der Waals surface area contributed by atoms with E-state index in [9.17, 15) is 0 Å². The molecule has 1 N–H and O–H groups in total. The molecule has 1 fully saturated rings. The van der Waals surface area contributed by atoms with Gasteiger partial charge in [-0.15, -0.1) is 0 Å². The van der Waals surface area contributed by atoms with E-state index in [1.807, 2.05) is 24.3 Å². The van der Waals surface area contributed by atoms with Gasteiger partial charge in [0, 0.05) is 45.8 Å². The van der Waals surface area contributed by atoms with E-state index in [4.69, 9.17) is 5.26 Å². The van der Waals surface area contributed by atoms with Crippen molar-refractivity contribution < 1.29 is 0 Å². The fraction of sp³-hybridized carbons (Fsp3) is 0.533. The Morgan fingerprint density at radius 3 is 2.68 bits per heavy atom. The van der Waals surface area contributed by atoms with E-state index < -0.39 is 0 Å². The van der Waals surface area contributed by atoms with E-state index in [2.05, 4.69) is 28.2 Å². The summed E-state index contributed by atoms with van der Waals surface area (Å²) in [4.78, 5) is 4.86. The van der Waals surface area contributed by atoms with Gasteiger partial charge in [0.25, 0.3) is 0 Å². The van der Waals surface area contributed by atoms with Crippen molar-refractivity contribution in [3.63, 3.8) is 0 Å². The van der Waals surface area contributed by atoms with Crippen LogP contribution in [0.2, 0.25) is 0 Å². The average molecular weight is 258 g/mol. The molecular weight excluding hydrogens is 236 g/mol. The molecule has 0 saturated carbocycles. The van der Waals surface area contributed by atoms with Gasteiger partial charge in [-0.3, -0.25) is 4.90 Å². The number of hydrogen-bond acceptors (Lipinski definition) is 4. The molecule has 1 heterocycles. The third kappa shape index (κ3) is 4.32. The van der Waals surface area contributed by atoms with Gasteiger partial charge in [0.1, 0.15) is 0 Å². The second kappa shape index (κ2) is 7.25. The standard InChI is InChI=1S/C15H22N4/c1-18-8-10-19(11-9-18)7-6-17-13-15-5-3-2-4-14(15)12-16/h2-5,17H,6-11,13H2,1H3. The monoisotopic (exact) mass is 258 g/mol. The molecule has 0 aliphatic carbocycles. The number of hydrogen-bond donors (Lipinski definition) is 1. The lowest BCUT2D eigenvalue weighted by Gasteiger charge is -2.32. The van der Waals surface area contributed by atoms with Crippen LogP contribution in [0.15, 0.2) is 24.3 Å². The van der Waals surface area contributed by atoms with Crippen LogP contribution in [-0.4, -0.2) is 56.1 Å². The molecule has 1 saturated heterocycles. The van der Waals surface area contributed by atoms with Crippen LogP contribution >= 0.6 is 0 Å². The molecule has 0 amide bonds. The Balaban J connectivity index is 1.68. The molecule has 102 valence electrons. The van der Waals surface area contributed by atoms with Crippen LogP contribution in [-0.2, 0) is 6.54 Å². The fourth-order valence-corrected chi connectivity index (χ4v) is 2.32. The maximum Gasteiger partial charge on any atom is 0.0995 e. The average Bonchev–Trinajstić information content (AvgIpc) is 2.46. The van der Waals surface area contributed by atoms with Crippen LogP contribution in [0.4, 0.5) is 0 Å². The Labute approximate surface area is 115 Å². The molecule has 4 nitrogen and oxygen atoms in total. The maximum atomic E-state index is 9.01. The summed E-state index contributed by atoms with van der Waals surface area (Å²) in [6.07, 6.45) is 0. The van der Waals surface area contributed by atoms with Gasteiger partial charge in [-0.2, -0.15) is 5.26 Å². The number of benzene rings is 1. The topological polar surface area (TPSA) is 42.3 Å². The third-order valence-corrected chi connectivity index (χ3v) is 3.65. The normalized spacial score (nSPS) is 17.3. The van der Waals surface area contributed by atoms with Gasteiger partial charge in [-0.1, -0.05) is 18.2 Å². The fourth-order valence-electron chi connectivity index (χ4n) is 2.32. The molecule has 0 radical (unpaired) electrons. The van der Waals surface area contributed by atoms with E-state index in [0.717, 1.165) is 56.9 Å². The highest BCUT2D eigenvalue weighted by molar-refractivity contribution is 5.37. The minimum atomic E-state index is 0.773. The van der Waals surface area contributed by atoms with E-state index in [-0.39, 0.29) is 0 Å². The molecule has 1 aliphatic rings. The number of likely N-dealkylation sites (N-methyl/N-ethyl adjacent to an activating group) is 1. The second-order valence-corrected chi connectivity index (χ2v) is 5.09. The summed E-state index contributed by atoms with van der Waals surface area (Å²) < 4.78 is 0. The number of rotatable bonds is 5. The molecule has 0 bridgehead atoms. The van der Waals surface area contributed by atoms with Gasteiger partial charge in [-0.05, 0) is 18.7 Å². The van der Waals surface area contributed by atoms with Crippen LogP contribution in [0.25, 0.3) is 0 Å². The van der Waals surface area contributed by atoms with Crippen molar-refractivity contribution in [2.75, 3.05) is 46.3 Å². The molecule has 0 spiro atoms. The summed E-state index contributed by atoms with van der Waals surface area (Å²) in [5.74, 6) is 0. The van der Waals surface area contributed by atoms with E-state index in [1.165, 1.54) is 0 Å². The van der Waals surface area contributed by atoms with Crippen molar-refractivity contribution in [1.29, 1.82) is 5.26 Å². The van der Waals surface area contributed by atoms with E-state index in [1.54, 1.807) is 0 Å². The Morgan fingerprint density at radius 2 is 1.95 bits per heavy atom. The first-order valence-corrected chi connectivity index (χ1v) is 6.89. The summed E-state index contributed by atoms with van der Waals surface area (Å²) in [7, 11) is 2.18. The van der Waals surface area contributed by atoms with E-state index in [0.29, 0.717) is 0 Å². The molecule has 0 atom stereocenters. The van der Waals surface area contributed by atoms with Crippen LogP contribution in [0.1, 0.15) is 11.1 Å². The first kappa shape index (κ1) is 14.0. The quantitative estimate of drug-likeness (QED) is 0.797. The molecule has 4 heteroatoms. The van der Waals surface area contributed by atoms with Gasteiger partial charge >= 0.3 is 0 Å². The lowest BCUT2D eigenvalue weighted by molar-refractivity contribution is 0.154. The van der Waals surface area contributed by atoms with Gasteiger partial charge < -0.3 is 10.2 Å². The molecule has 1 aliphatic heterocycles. The predicted molar refractivity (Wildman–Crippen MR) is 76.8 cm³/mol. The zero-order valence-electron chi connectivity index (χ0n) is 11.6. The zero-order chi connectivity index (χ0) is 13.5. The zero-order valence-corrected chi connectivity index (χ0v) is 11.6. The number of piperazine rings is 1. The van der Waals surface area contributed by atoms with Crippen LogP contribution in [0.5, 0.6) is 0 Å². The van der Waals surface area contributed by atoms with Crippen molar-refractivity contribution in [3.8, 4) is 6.07 Å². The number of nitriles is 1. The minimum absolute atomic E-state index is 0.773. The van der Waals surface area contributed by atoms with Crippen molar-refractivity contribution in [1.82, 2.24) is 15.1 Å². The second-order valence-electron chi connectivity index (χ2n) is 5.09. The van der Waals surface area contributed by atoms with Crippen LogP contribution in [0, 0.1) is 11.3 Å². The van der Waals surface area contributed by atoms with Gasteiger partial charge in [0.15, 0.2) is 0 Å². The molecule has 0 unspecified atom stereocenters. The highest BCUT2D eigenvalue weighted by Crippen LogP contribution is 2.06. The van der Waals surface area contributed by atoms with Crippen molar-refractivity contribution >= 4 is 0 Å².